The molecule has 2 aromatic rings. The average Bonchev–Trinajstić information content (AvgIpc) is 2.67. The van der Waals surface area contributed by atoms with Crippen LogP contribution in [0.25, 0.3) is 0 Å². The molecule has 0 aliphatic carbocycles. The second kappa shape index (κ2) is 7.66. The second-order valence-corrected chi connectivity index (χ2v) is 7.10. The van der Waals surface area contributed by atoms with Crippen LogP contribution in [0.2, 0.25) is 5.02 Å². The lowest BCUT2D eigenvalue weighted by Crippen LogP contribution is -2.59. The van der Waals surface area contributed by atoms with Crippen LogP contribution in [-0.2, 0) is 11.2 Å². The van der Waals surface area contributed by atoms with Gasteiger partial charge in [0.15, 0.2) is 0 Å². The Morgan fingerprint density at radius 2 is 1.85 bits per heavy atom. The Kier molecular flexibility index (Phi) is 5.11. The predicted molar refractivity (Wildman–Crippen MR) is 106 cm³/mol. The molecule has 2 aromatic carbocycles. The molecule has 2 heterocycles. The van der Waals surface area contributed by atoms with Crippen molar-refractivity contribution in [2.24, 2.45) is 4.99 Å². The minimum atomic E-state index is -0.204. The minimum Gasteiger partial charge on any atom is -0.381 e. The van der Waals surface area contributed by atoms with E-state index in [-0.39, 0.29) is 5.54 Å². The zero-order valence-electron chi connectivity index (χ0n) is 14.6. The van der Waals surface area contributed by atoms with Crippen LogP contribution in [0.5, 0.6) is 0 Å². The predicted octanol–water partition coefficient (Wildman–Crippen LogP) is 3.68. The number of nitrogens with zero attached hydrogens (tertiary/aromatic N) is 1. The Morgan fingerprint density at radius 1 is 1.08 bits per heavy atom. The van der Waals surface area contributed by atoms with Crippen LogP contribution in [0.1, 0.15) is 18.4 Å². The van der Waals surface area contributed by atoms with Gasteiger partial charge in [-0.2, -0.15) is 0 Å². The summed E-state index contributed by atoms with van der Waals surface area (Å²) in [6.45, 7) is 2.22. The quantitative estimate of drug-likeness (QED) is 0.567. The third-order valence-corrected chi connectivity index (χ3v) is 5.36. The summed E-state index contributed by atoms with van der Waals surface area (Å²) in [7, 11) is 0. The lowest BCUT2D eigenvalue weighted by Gasteiger charge is -2.42. The van der Waals surface area contributed by atoms with Gasteiger partial charge in [-0.1, -0.05) is 41.9 Å². The highest BCUT2D eigenvalue weighted by atomic mass is 35.5. The van der Waals surface area contributed by atoms with Crippen LogP contribution in [0, 0.1) is 0 Å². The number of aliphatic imine (C=N–C) groups is 1. The molecular formula is C20H23ClN4O. The van der Waals surface area contributed by atoms with Gasteiger partial charge in [-0.05, 0) is 30.2 Å². The number of rotatable bonds is 4. The highest BCUT2D eigenvalue weighted by Gasteiger charge is 2.40. The first-order chi connectivity index (χ1) is 12.8. The zero-order chi connectivity index (χ0) is 17.8. The van der Waals surface area contributed by atoms with Crippen LogP contribution in [0.15, 0.2) is 53.5 Å². The summed E-state index contributed by atoms with van der Waals surface area (Å²) in [6.07, 6.45) is 2.62. The van der Waals surface area contributed by atoms with Crippen LogP contribution in [0.4, 0.5) is 11.4 Å². The van der Waals surface area contributed by atoms with Gasteiger partial charge >= 0.3 is 0 Å². The van der Waals surface area contributed by atoms with Crippen molar-refractivity contribution >= 4 is 28.8 Å². The molecule has 0 bridgehead atoms. The maximum absolute atomic E-state index is 6.23. The number of hydrazine groups is 1. The summed E-state index contributed by atoms with van der Waals surface area (Å²) in [4.78, 5) is 4.88. The first-order valence-electron chi connectivity index (χ1n) is 9.03. The number of hydrogen-bond donors (Lipinski definition) is 3. The van der Waals surface area contributed by atoms with Crippen molar-refractivity contribution in [2.45, 2.75) is 24.8 Å². The number of ether oxygens (including phenoxy) is 1. The summed E-state index contributed by atoms with van der Waals surface area (Å²) in [5.41, 5.74) is 9.64. The van der Waals surface area contributed by atoms with Crippen molar-refractivity contribution in [3.63, 3.8) is 0 Å². The molecule has 4 rings (SSSR count). The Morgan fingerprint density at radius 3 is 2.69 bits per heavy atom. The van der Waals surface area contributed by atoms with E-state index in [1.54, 1.807) is 0 Å². The fourth-order valence-electron chi connectivity index (χ4n) is 3.50. The maximum atomic E-state index is 6.23. The number of hydrogen-bond acceptors (Lipinski definition) is 5. The van der Waals surface area contributed by atoms with Crippen LogP contribution in [-0.4, -0.2) is 31.1 Å². The van der Waals surface area contributed by atoms with Crippen molar-refractivity contribution in [1.29, 1.82) is 0 Å². The van der Waals surface area contributed by atoms with E-state index in [0.717, 1.165) is 66.8 Å². The molecule has 136 valence electrons. The van der Waals surface area contributed by atoms with Crippen molar-refractivity contribution in [3.8, 4) is 0 Å². The molecule has 2 aliphatic rings. The Balaban J connectivity index is 1.46. The number of halogens is 1. The normalized spacial score (nSPS) is 18.0. The van der Waals surface area contributed by atoms with E-state index in [9.17, 15) is 0 Å². The van der Waals surface area contributed by atoms with Gasteiger partial charge in [-0.3, -0.25) is 0 Å². The molecule has 1 fully saturated rings. The van der Waals surface area contributed by atoms with Gasteiger partial charge in [-0.25, -0.2) is 10.4 Å². The third kappa shape index (κ3) is 3.56. The lowest BCUT2D eigenvalue weighted by atomic mass is 9.87. The summed E-state index contributed by atoms with van der Waals surface area (Å²) in [5, 5.41) is 4.50. The number of para-hydroxylation sites is 2. The number of anilines is 1. The molecule has 0 amide bonds. The van der Waals surface area contributed by atoms with Crippen molar-refractivity contribution in [1.82, 2.24) is 10.9 Å². The molecule has 1 spiro atoms. The highest BCUT2D eigenvalue weighted by Crippen LogP contribution is 2.37. The van der Waals surface area contributed by atoms with Gasteiger partial charge in [0, 0.05) is 37.6 Å². The Bertz CT molecular complexity index is 802. The van der Waals surface area contributed by atoms with Crippen LogP contribution in [0.3, 0.4) is 0 Å². The first kappa shape index (κ1) is 17.3. The summed E-state index contributed by atoms with van der Waals surface area (Å²) in [6, 6.07) is 16.1. The molecule has 0 unspecified atom stereocenters. The van der Waals surface area contributed by atoms with E-state index < -0.39 is 0 Å². The fourth-order valence-corrected chi connectivity index (χ4v) is 3.73. The van der Waals surface area contributed by atoms with E-state index in [4.69, 9.17) is 21.3 Å². The van der Waals surface area contributed by atoms with E-state index in [0.29, 0.717) is 0 Å². The van der Waals surface area contributed by atoms with Gasteiger partial charge in [-0.15, -0.1) is 0 Å². The lowest BCUT2D eigenvalue weighted by molar-refractivity contribution is 0.0769. The maximum Gasteiger partial charge on any atom is 0.142 e. The van der Waals surface area contributed by atoms with E-state index in [2.05, 4.69) is 28.3 Å². The zero-order valence-corrected chi connectivity index (χ0v) is 15.4. The summed E-state index contributed by atoms with van der Waals surface area (Å²) >= 11 is 6.23. The van der Waals surface area contributed by atoms with E-state index in [1.165, 1.54) is 0 Å². The van der Waals surface area contributed by atoms with Gasteiger partial charge in [0.05, 0.1) is 11.4 Å². The molecule has 0 radical (unpaired) electrons. The van der Waals surface area contributed by atoms with Gasteiger partial charge in [0.2, 0.25) is 0 Å². The standard InChI is InChI=1S/C20H23ClN4O/c21-16-6-2-1-5-15(16)9-12-22-25-19-20(10-13-26-14-11-20)24-18-8-4-3-7-17(18)23-19/h1-8,22,24H,9-14H2,(H,23,25). The first-order valence-corrected chi connectivity index (χ1v) is 9.41. The SMILES string of the molecule is Clc1ccccc1CCNNC1=Nc2ccccc2NC12CCOCC2. The Labute approximate surface area is 158 Å². The minimum absolute atomic E-state index is 0.204. The van der Waals surface area contributed by atoms with E-state index in [1.807, 2.05) is 36.4 Å². The summed E-state index contributed by atoms with van der Waals surface area (Å²) in [5.74, 6) is 0.929. The Hall–Kier alpha value is -2.08. The average molecular weight is 371 g/mol. The van der Waals surface area contributed by atoms with Gasteiger partial charge in [0.1, 0.15) is 11.4 Å². The number of nitrogens with one attached hydrogen (secondary N) is 3. The molecule has 26 heavy (non-hydrogen) atoms. The smallest absolute Gasteiger partial charge is 0.142 e. The second-order valence-electron chi connectivity index (χ2n) is 6.69. The largest absolute Gasteiger partial charge is 0.381 e. The molecule has 0 saturated carbocycles. The molecule has 6 heteroatoms. The van der Waals surface area contributed by atoms with Crippen molar-refractivity contribution in [3.05, 3.63) is 59.1 Å². The molecule has 1 saturated heterocycles. The fraction of sp³-hybridized carbons (Fsp3) is 0.350. The third-order valence-electron chi connectivity index (χ3n) is 4.99. The van der Waals surface area contributed by atoms with Crippen LogP contribution >= 0.6 is 11.6 Å². The molecule has 0 atom stereocenters. The summed E-state index contributed by atoms with van der Waals surface area (Å²) < 4.78 is 5.57. The topological polar surface area (TPSA) is 57.7 Å². The highest BCUT2D eigenvalue weighted by molar-refractivity contribution is 6.31. The molecule has 3 N–H and O–H groups in total. The monoisotopic (exact) mass is 370 g/mol. The molecule has 2 aliphatic heterocycles. The van der Waals surface area contributed by atoms with E-state index >= 15 is 0 Å². The number of fused-ring (bicyclic) bond motifs is 1. The van der Waals surface area contributed by atoms with Gasteiger partial charge in [0.25, 0.3) is 0 Å². The van der Waals surface area contributed by atoms with Crippen molar-refractivity contribution < 1.29 is 4.74 Å². The molecule has 5 nitrogen and oxygen atoms in total. The van der Waals surface area contributed by atoms with Gasteiger partial charge < -0.3 is 15.5 Å². The molecule has 0 aromatic heterocycles. The van der Waals surface area contributed by atoms with Crippen molar-refractivity contribution in [2.75, 3.05) is 25.1 Å². The molecular weight excluding hydrogens is 348 g/mol. The number of amidine groups is 1. The van der Waals surface area contributed by atoms with Crippen LogP contribution < -0.4 is 16.2 Å². The number of benzene rings is 2.